The van der Waals surface area contributed by atoms with E-state index in [0.29, 0.717) is 48.7 Å². The number of benzene rings is 2. The van der Waals surface area contributed by atoms with E-state index >= 15 is 0 Å². The van der Waals surface area contributed by atoms with Crippen LogP contribution in [-0.2, 0) is 4.74 Å². The Labute approximate surface area is 204 Å². The number of aromatic amines is 3. The molecule has 2 aromatic heterocycles. The summed E-state index contributed by atoms with van der Waals surface area (Å²) in [5.74, 6) is -0.508. The summed E-state index contributed by atoms with van der Waals surface area (Å²) in [4.78, 5) is 51.6. The lowest BCUT2D eigenvalue weighted by atomic mass is 10.0. The molecular formula is C25H26N6O5. The number of aromatic hydroxyl groups is 1. The van der Waals surface area contributed by atoms with Crippen LogP contribution in [0.5, 0.6) is 5.88 Å². The zero-order valence-electron chi connectivity index (χ0n) is 20.1. The van der Waals surface area contributed by atoms with E-state index in [1.54, 1.807) is 6.07 Å². The summed E-state index contributed by atoms with van der Waals surface area (Å²) in [6.45, 7) is 7.97. The molecule has 11 heteroatoms. The SMILES string of the molecule is Cc1cc(C)c(-n2c(O)c(C=Nc3cc4[nH]c(=O)[nH]c4cc3N3CCOCC3)c(=O)[nH]c2=O)c(C)c1. The molecule has 1 saturated heterocycles. The van der Waals surface area contributed by atoms with Crippen molar-refractivity contribution in [3.8, 4) is 11.6 Å². The molecule has 2 aromatic carbocycles. The van der Waals surface area contributed by atoms with E-state index < -0.39 is 17.1 Å². The molecule has 0 radical (unpaired) electrons. The molecule has 0 amide bonds. The Morgan fingerprint density at radius 1 is 0.944 bits per heavy atom. The number of hydrogen-bond donors (Lipinski definition) is 4. The van der Waals surface area contributed by atoms with Crippen molar-refractivity contribution in [2.45, 2.75) is 20.8 Å². The van der Waals surface area contributed by atoms with Gasteiger partial charge in [-0.25, -0.2) is 14.2 Å². The summed E-state index contributed by atoms with van der Waals surface area (Å²) in [5, 5.41) is 11.1. The Hall–Kier alpha value is -4.38. The molecule has 1 fully saturated rings. The summed E-state index contributed by atoms with van der Waals surface area (Å²) in [6.07, 6.45) is 1.23. The molecule has 11 nitrogen and oxygen atoms in total. The number of rotatable bonds is 4. The Morgan fingerprint density at radius 3 is 2.25 bits per heavy atom. The van der Waals surface area contributed by atoms with Gasteiger partial charge in [0.1, 0.15) is 5.56 Å². The molecule has 36 heavy (non-hydrogen) atoms. The third-order valence-electron chi connectivity index (χ3n) is 6.28. The first-order valence-corrected chi connectivity index (χ1v) is 11.5. The average molecular weight is 491 g/mol. The fraction of sp³-hybridized carbons (Fsp3) is 0.280. The quantitative estimate of drug-likeness (QED) is 0.321. The summed E-state index contributed by atoms with van der Waals surface area (Å²) < 4.78 is 6.54. The number of aliphatic imine (C=N–C) groups is 1. The molecular weight excluding hydrogens is 464 g/mol. The molecule has 5 rings (SSSR count). The largest absolute Gasteiger partial charge is 0.493 e. The van der Waals surface area contributed by atoms with E-state index in [9.17, 15) is 19.5 Å². The summed E-state index contributed by atoms with van der Waals surface area (Å²) in [5.41, 5.74) is 3.45. The smallest absolute Gasteiger partial charge is 0.335 e. The highest BCUT2D eigenvalue weighted by Gasteiger charge is 2.19. The number of morpholine rings is 1. The molecule has 4 N–H and O–H groups in total. The summed E-state index contributed by atoms with van der Waals surface area (Å²) in [6, 6.07) is 7.31. The van der Waals surface area contributed by atoms with E-state index in [2.05, 4.69) is 24.8 Å². The van der Waals surface area contributed by atoms with Gasteiger partial charge in [-0.05, 0) is 44.0 Å². The van der Waals surface area contributed by atoms with Crippen LogP contribution in [0.4, 0.5) is 11.4 Å². The second kappa shape index (κ2) is 9.00. The van der Waals surface area contributed by atoms with Crippen molar-refractivity contribution in [3.63, 3.8) is 0 Å². The highest BCUT2D eigenvalue weighted by atomic mass is 16.5. The van der Waals surface area contributed by atoms with Gasteiger partial charge in [0.05, 0.1) is 41.3 Å². The highest BCUT2D eigenvalue weighted by Crippen LogP contribution is 2.33. The monoisotopic (exact) mass is 490 g/mol. The number of nitrogens with zero attached hydrogens (tertiary/aromatic N) is 3. The molecule has 4 aromatic rings. The van der Waals surface area contributed by atoms with E-state index in [0.717, 1.165) is 26.9 Å². The molecule has 0 unspecified atom stereocenters. The number of anilines is 1. The Balaban J connectivity index is 1.66. The zero-order valence-corrected chi connectivity index (χ0v) is 20.1. The van der Waals surface area contributed by atoms with Crippen LogP contribution in [0.25, 0.3) is 16.7 Å². The molecule has 0 spiro atoms. The number of aryl methyl sites for hydroxylation is 3. The number of nitrogens with one attached hydrogen (secondary N) is 3. The van der Waals surface area contributed by atoms with Crippen molar-refractivity contribution in [1.29, 1.82) is 0 Å². The predicted molar refractivity (Wildman–Crippen MR) is 138 cm³/mol. The zero-order chi connectivity index (χ0) is 25.6. The minimum atomic E-state index is -0.760. The van der Waals surface area contributed by atoms with Gasteiger partial charge in [-0.3, -0.25) is 14.8 Å². The first kappa shape index (κ1) is 23.4. The van der Waals surface area contributed by atoms with Crippen molar-refractivity contribution in [3.05, 3.63) is 77.8 Å². The maximum absolute atomic E-state index is 12.7. The maximum Gasteiger partial charge on any atom is 0.335 e. The third-order valence-corrected chi connectivity index (χ3v) is 6.28. The standard InChI is InChI=1S/C25H26N6O5/c1-13-8-14(2)21(15(3)9-13)31-23(33)16(22(32)29-25(31)35)12-26-19-10-17-18(28-24(34)27-17)11-20(19)30-4-6-36-7-5-30/h8-12,33H,4-7H2,1-3H3,(H2,27,28,34)(H,29,32,35). The second-order valence-electron chi connectivity index (χ2n) is 8.90. The average Bonchev–Trinajstić information content (AvgIpc) is 3.19. The first-order chi connectivity index (χ1) is 17.2. The minimum absolute atomic E-state index is 0.162. The third kappa shape index (κ3) is 4.13. The maximum atomic E-state index is 12.7. The molecule has 0 saturated carbocycles. The number of imidazole rings is 1. The molecule has 0 atom stereocenters. The van der Waals surface area contributed by atoms with E-state index in [-0.39, 0.29) is 11.3 Å². The van der Waals surface area contributed by atoms with Gasteiger partial charge in [-0.15, -0.1) is 0 Å². The second-order valence-corrected chi connectivity index (χ2v) is 8.90. The van der Waals surface area contributed by atoms with E-state index in [1.165, 1.54) is 6.21 Å². The van der Waals surface area contributed by atoms with Gasteiger partial charge >= 0.3 is 11.4 Å². The summed E-state index contributed by atoms with van der Waals surface area (Å²) >= 11 is 0. The molecule has 1 aliphatic heterocycles. The van der Waals surface area contributed by atoms with Crippen molar-refractivity contribution >= 4 is 28.6 Å². The lowest BCUT2D eigenvalue weighted by Gasteiger charge is -2.29. The van der Waals surface area contributed by atoms with Crippen LogP contribution in [0.1, 0.15) is 22.3 Å². The van der Waals surface area contributed by atoms with Gasteiger partial charge in [-0.2, -0.15) is 0 Å². The van der Waals surface area contributed by atoms with Crippen molar-refractivity contribution < 1.29 is 9.84 Å². The van der Waals surface area contributed by atoms with Gasteiger partial charge in [0, 0.05) is 19.3 Å². The van der Waals surface area contributed by atoms with Gasteiger partial charge < -0.3 is 24.7 Å². The number of aromatic nitrogens is 4. The Kier molecular flexibility index (Phi) is 5.84. The number of H-pyrrole nitrogens is 3. The van der Waals surface area contributed by atoms with E-state index in [1.807, 2.05) is 39.0 Å². The van der Waals surface area contributed by atoms with Gasteiger partial charge in [0.15, 0.2) is 0 Å². The van der Waals surface area contributed by atoms with Crippen molar-refractivity contribution in [2.75, 3.05) is 31.2 Å². The molecule has 0 bridgehead atoms. The van der Waals surface area contributed by atoms with Gasteiger partial charge in [0.25, 0.3) is 5.56 Å². The Bertz CT molecular complexity index is 1660. The Morgan fingerprint density at radius 2 is 1.58 bits per heavy atom. The molecule has 186 valence electrons. The highest BCUT2D eigenvalue weighted by molar-refractivity contribution is 5.91. The van der Waals surface area contributed by atoms with Crippen LogP contribution in [0.2, 0.25) is 0 Å². The van der Waals surface area contributed by atoms with Crippen molar-refractivity contribution in [1.82, 2.24) is 19.5 Å². The minimum Gasteiger partial charge on any atom is -0.493 e. The van der Waals surface area contributed by atoms with Crippen LogP contribution in [-0.4, -0.2) is 57.1 Å². The molecule has 3 heterocycles. The predicted octanol–water partition coefficient (Wildman–Crippen LogP) is 1.91. The van der Waals surface area contributed by atoms with Gasteiger partial charge in [0.2, 0.25) is 5.88 Å². The lowest BCUT2D eigenvalue weighted by Crippen LogP contribution is -2.36. The van der Waals surface area contributed by atoms with Crippen LogP contribution in [0.15, 0.2) is 43.6 Å². The fourth-order valence-electron chi connectivity index (χ4n) is 4.74. The molecule has 1 aliphatic rings. The van der Waals surface area contributed by atoms with Crippen LogP contribution < -0.4 is 21.8 Å². The van der Waals surface area contributed by atoms with Crippen LogP contribution in [0.3, 0.4) is 0 Å². The first-order valence-electron chi connectivity index (χ1n) is 11.5. The topological polar surface area (TPSA) is 149 Å². The molecule has 0 aliphatic carbocycles. The van der Waals surface area contributed by atoms with Crippen LogP contribution in [0, 0.1) is 20.8 Å². The normalized spacial score (nSPS) is 14.2. The number of ether oxygens (including phenoxy) is 1. The van der Waals surface area contributed by atoms with E-state index in [4.69, 9.17) is 4.74 Å². The number of fused-ring (bicyclic) bond motifs is 1. The summed E-state index contributed by atoms with van der Waals surface area (Å²) in [7, 11) is 0. The van der Waals surface area contributed by atoms with Gasteiger partial charge in [-0.1, -0.05) is 17.7 Å². The van der Waals surface area contributed by atoms with Crippen LogP contribution >= 0.6 is 0 Å². The fourth-order valence-corrected chi connectivity index (χ4v) is 4.74. The van der Waals surface area contributed by atoms with Crippen molar-refractivity contribution in [2.24, 2.45) is 4.99 Å². The lowest BCUT2D eigenvalue weighted by molar-refractivity contribution is 0.123. The number of hydrogen-bond acceptors (Lipinski definition) is 7.